The Labute approximate surface area is 191 Å². The van der Waals surface area contributed by atoms with Crippen molar-refractivity contribution in [2.45, 2.75) is 6.92 Å². The molecule has 7 nitrogen and oxygen atoms in total. The number of aromatic nitrogens is 2. The summed E-state index contributed by atoms with van der Waals surface area (Å²) in [5, 5.41) is 0.972. The Morgan fingerprint density at radius 1 is 1.03 bits per heavy atom. The summed E-state index contributed by atoms with van der Waals surface area (Å²) in [7, 11) is 2.17. The van der Waals surface area contributed by atoms with E-state index in [1.54, 1.807) is 12.4 Å². The van der Waals surface area contributed by atoms with Crippen molar-refractivity contribution in [3.05, 3.63) is 46.9 Å². The molecule has 0 aliphatic carbocycles. The number of nitrogens with zero attached hydrogens (tertiary/aromatic N) is 5. The van der Waals surface area contributed by atoms with Gasteiger partial charge in [-0.1, -0.05) is 12.1 Å². The van der Waals surface area contributed by atoms with Crippen molar-refractivity contribution in [3.8, 4) is 0 Å². The lowest BCUT2D eigenvalue weighted by molar-refractivity contribution is -0.883. The second-order valence-corrected chi connectivity index (χ2v) is 9.61. The Hall–Kier alpha value is -2.78. The van der Waals surface area contributed by atoms with Gasteiger partial charge < -0.3 is 19.6 Å². The van der Waals surface area contributed by atoms with Crippen LogP contribution in [0.1, 0.15) is 15.2 Å². The molecular formula is C23H28FN6OS+. The quantitative estimate of drug-likeness (QED) is 0.648. The highest BCUT2D eigenvalue weighted by molar-refractivity contribution is 7.20. The average Bonchev–Trinajstić information content (AvgIpc) is 3.16. The molecule has 1 N–H and O–H groups in total. The van der Waals surface area contributed by atoms with E-state index in [1.165, 1.54) is 22.3 Å². The lowest BCUT2D eigenvalue weighted by Gasteiger charge is -2.37. The molecule has 0 spiro atoms. The number of hydrogen-bond donors (Lipinski definition) is 1. The minimum atomic E-state index is -0.187. The zero-order valence-electron chi connectivity index (χ0n) is 18.5. The molecule has 0 radical (unpaired) electrons. The van der Waals surface area contributed by atoms with Crippen LogP contribution in [0.4, 0.5) is 15.9 Å². The Bertz CT molecular complexity index is 1130. The van der Waals surface area contributed by atoms with Crippen molar-refractivity contribution in [2.75, 3.05) is 69.2 Å². The minimum absolute atomic E-state index is 0.105. The summed E-state index contributed by atoms with van der Waals surface area (Å²) in [5.41, 5.74) is 1.61. The molecule has 2 fully saturated rings. The normalized spacial score (nSPS) is 17.9. The number of carbonyl (C=O) groups is 1. The van der Waals surface area contributed by atoms with Crippen LogP contribution >= 0.6 is 11.3 Å². The lowest BCUT2D eigenvalue weighted by atomic mass is 10.1. The van der Waals surface area contributed by atoms with Gasteiger partial charge >= 0.3 is 0 Å². The summed E-state index contributed by atoms with van der Waals surface area (Å²) < 4.78 is 14.2. The van der Waals surface area contributed by atoms with Crippen molar-refractivity contribution in [1.82, 2.24) is 14.9 Å². The molecule has 2 aliphatic rings. The van der Waals surface area contributed by atoms with E-state index in [9.17, 15) is 9.18 Å². The first kappa shape index (κ1) is 21.1. The van der Waals surface area contributed by atoms with Gasteiger partial charge in [0.1, 0.15) is 22.8 Å². The number of thiophene rings is 1. The number of nitrogens with one attached hydrogen (secondary N) is 1. The fraction of sp³-hybridized carbons (Fsp3) is 0.435. The van der Waals surface area contributed by atoms with E-state index in [1.807, 2.05) is 24.0 Å². The number of carbonyl (C=O) groups excluding carboxylic acids is 1. The molecule has 4 heterocycles. The summed E-state index contributed by atoms with van der Waals surface area (Å²) in [6.45, 7) is 8.44. The number of rotatable bonds is 3. The third-order valence-electron chi connectivity index (χ3n) is 6.58. The first-order valence-electron chi connectivity index (χ1n) is 11.1. The maximum Gasteiger partial charge on any atom is 0.264 e. The van der Waals surface area contributed by atoms with Crippen LogP contribution in [0.2, 0.25) is 0 Å². The van der Waals surface area contributed by atoms with Gasteiger partial charge in [0.2, 0.25) is 0 Å². The molecule has 32 heavy (non-hydrogen) atoms. The molecule has 2 aromatic heterocycles. The van der Waals surface area contributed by atoms with Crippen molar-refractivity contribution >= 4 is 39.0 Å². The highest BCUT2D eigenvalue weighted by Crippen LogP contribution is 2.36. The standard InChI is InChI=1S/C23H27FN6OS/c1-16-19-21(29-13-11-28(12-14-29)18-6-4-3-5-17(18)24)25-15-26-22(19)32-20(16)23(31)30-9-7-27(2)8-10-30/h3-6,15H,7-14H2,1-2H3/p+1. The van der Waals surface area contributed by atoms with E-state index in [2.05, 4.69) is 26.8 Å². The molecule has 3 aromatic rings. The third-order valence-corrected chi connectivity index (χ3v) is 7.77. The summed E-state index contributed by atoms with van der Waals surface area (Å²) in [6, 6.07) is 6.92. The first-order chi connectivity index (χ1) is 15.5. The molecule has 0 unspecified atom stereocenters. The Balaban J connectivity index is 1.39. The Morgan fingerprint density at radius 2 is 1.72 bits per heavy atom. The summed E-state index contributed by atoms with van der Waals surface area (Å²) in [6.07, 6.45) is 1.59. The van der Waals surface area contributed by atoms with E-state index >= 15 is 0 Å². The van der Waals surface area contributed by atoms with Crippen LogP contribution < -0.4 is 14.7 Å². The van der Waals surface area contributed by atoms with E-state index in [0.29, 0.717) is 18.8 Å². The second-order valence-electron chi connectivity index (χ2n) is 8.61. The van der Waals surface area contributed by atoms with Crippen LogP contribution in [0.3, 0.4) is 0 Å². The molecule has 0 saturated carbocycles. The molecule has 0 bridgehead atoms. The highest BCUT2D eigenvalue weighted by Gasteiger charge is 2.29. The summed E-state index contributed by atoms with van der Waals surface area (Å²) in [5.74, 6) is 0.792. The number of para-hydroxylation sites is 1. The van der Waals surface area contributed by atoms with Crippen molar-refractivity contribution in [3.63, 3.8) is 0 Å². The maximum atomic E-state index is 14.2. The zero-order valence-corrected chi connectivity index (χ0v) is 19.3. The smallest absolute Gasteiger partial charge is 0.264 e. The van der Waals surface area contributed by atoms with Gasteiger partial charge in [-0.25, -0.2) is 14.4 Å². The number of hydrogen-bond acceptors (Lipinski definition) is 6. The fourth-order valence-electron chi connectivity index (χ4n) is 4.60. The number of likely N-dealkylation sites (N-methyl/N-ethyl adjacent to an activating group) is 1. The van der Waals surface area contributed by atoms with Gasteiger partial charge in [-0.15, -0.1) is 11.3 Å². The second kappa shape index (κ2) is 8.63. The van der Waals surface area contributed by atoms with Crippen LogP contribution in [0.25, 0.3) is 10.2 Å². The van der Waals surface area contributed by atoms with Gasteiger partial charge in [-0.2, -0.15) is 0 Å². The Kier molecular flexibility index (Phi) is 5.69. The van der Waals surface area contributed by atoms with E-state index in [-0.39, 0.29) is 11.7 Å². The first-order valence-corrected chi connectivity index (χ1v) is 11.9. The summed E-state index contributed by atoms with van der Waals surface area (Å²) >= 11 is 1.47. The SMILES string of the molecule is Cc1c(C(=O)N2CC[NH+](C)CC2)sc2ncnc(N3CCN(c4ccccc4F)CC3)c12. The molecule has 0 atom stereocenters. The third kappa shape index (κ3) is 3.80. The van der Waals surface area contributed by atoms with Crippen LogP contribution in [0, 0.1) is 12.7 Å². The van der Waals surface area contributed by atoms with Crippen molar-refractivity contribution in [2.24, 2.45) is 0 Å². The topological polar surface area (TPSA) is 57.0 Å². The van der Waals surface area contributed by atoms with E-state index < -0.39 is 0 Å². The van der Waals surface area contributed by atoms with Gasteiger partial charge in [-0.3, -0.25) is 4.79 Å². The van der Waals surface area contributed by atoms with Gasteiger partial charge in [0, 0.05) is 26.2 Å². The minimum Gasteiger partial charge on any atom is -0.366 e. The molecule has 5 rings (SSSR count). The van der Waals surface area contributed by atoms with Gasteiger partial charge in [-0.05, 0) is 24.6 Å². The van der Waals surface area contributed by atoms with Gasteiger partial charge in [0.25, 0.3) is 5.91 Å². The zero-order chi connectivity index (χ0) is 22.2. The lowest BCUT2D eigenvalue weighted by Crippen LogP contribution is -3.12. The predicted octanol–water partition coefficient (Wildman–Crippen LogP) is 1.44. The summed E-state index contributed by atoms with van der Waals surface area (Å²) in [4.78, 5) is 31.7. The van der Waals surface area contributed by atoms with E-state index in [0.717, 1.165) is 65.7 Å². The molecular weight excluding hydrogens is 427 g/mol. The highest BCUT2D eigenvalue weighted by atomic mass is 32.1. The Morgan fingerprint density at radius 3 is 2.44 bits per heavy atom. The van der Waals surface area contributed by atoms with Crippen LogP contribution in [0.15, 0.2) is 30.6 Å². The number of aryl methyl sites for hydroxylation is 1. The van der Waals surface area contributed by atoms with Crippen LogP contribution in [0.5, 0.6) is 0 Å². The molecule has 168 valence electrons. The van der Waals surface area contributed by atoms with Crippen molar-refractivity contribution in [1.29, 1.82) is 0 Å². The molecule has 2 aliphatic heterocycles. The van der Waals surface area contributed by atoms with E-state index in [4.69, 9.17) is 0 Å². The molecule has 9 heteroatoms. The molecule has 1 amide bonds. The number of quaternary nitrogens is 1. The number of benzene rings is 1. The molecule has 1 aromatic carbocycles. The number of anilines is 2. The van der Waals surface area contributed by atoms with Gasteiger partial charge in [0.05, 0.1) is 49.2 Å². The number of amides is 1. The molecule has 2 saturated heterocycles. The number of fused-ring (bicyclic) bond motifs is 1. The maximum absolute atomic E-state index is 14.2. The van der Waals surface area contributed by atoms with Crippen molar-refractivity contribution < 1.29 is 14.1 Å². The number of piperazine rings is 2. The van der Waals surface area contributed by atoms with Gasteiger partial charge in [0.15, 0.2) is 0 Å². The fourth-order valence-corrected chi connectivity index (χ4v) is 5.71. The predicted molar refractivity (Wildman–Crippen MR) is 126 cm³/mol. The van der Waals surface area contributed by atoms with Crippen LogP contribution in [-0.4, -0.2) is 80.2 Å². The monoisotopic (exact) mass is 455 g/mol. The largest absolute Gasteiger partial charge is 0.366 e. The average molecular weight is 456 g/mol. The number of halogens is 1. The van der Waals surface area contributed by atoms with Crippen LogP contribution in [-0.2, 0) is 0 Å².